The molecular weight excluding hydrogens is 336 g/mol. The first-order chi connectivity index (χ1) is 9.54. The van der Waals surface area contributed by atoms with Crippen LogP contribution in [0.25, 0.3) is 22.3 Å². The molecule has 100 valence electrons. The third-order valence-corrected chi connectivity index (χ3v) is 4.03. The number of benzene rings is 2. The van der Waals surface area contributed by atoms with Gasteiger partial charge in [0.15, 0.2) is 5.82 Å². The van der Waals surface area contributed by atoms with Gasteiger partial charge in [-0.05, 0) is 43.7 Å². The van der Waals surface area contributed by atoms with Crippen LogP contribution in [0.4, 0.5) is 0 Å². The third-order valence-electron chi connectivity index (χ3n) is 3.25. The number of rotatable bonds is 1. The summed E-state index contributed by atoms with van der Waals surface area (Å²) in [6.45, 7) is 4.11. The number of aryl methyl sites for hydroxylation is 2. The molecule has 0 amide bonds. The molecular formula is C16H12BrClN2. The van der Waals surface area contributed by atoms with E-state index >= 15 is 0 Å². The molecule has 3 aromatic rings. The summed E-state index contributed by atoms with van der Waals surface area (Å²) in [6.07, 6.45) is 0. The Kier molecular flexibility index (Phi) is 3.48. The first-order valence-corrected chi connectivity index (χ1v) is 7.42. The van der Waals surface area contributed by atoms with Gasteiger partial charge in [0.2, 0.25) is 0 Å². The zero-order chi connectivity index (χ0) is 14.3. The summed E-state index contributed by atoms with van der Waals surface area (Å²) in [5, 5.41) is 1.35. The second kappa shape index (κ2) is 5.15. The molecule has 0 radical (unpaired) electrons. The van der Waals surface area contributed by atoms with Gasteiger partial charge in [-0.25, -0.2) is 9.97 Å². The Hall–Kier alpha value is -1.45. The third kappa shape index (κ3) is 2.43. The summed E-state index contributed by atoms with van der Waals surface area (Å²) < 4.78 is 0.978. The minimum Gasteiger partial charge on any atom is -0.228 e. The predicted octanol–water partition coefficient (Wildman–Crippen LogP) is 5.33. The Morgan fingerprint density at radius 1 is 1.00 bits per heavy atom. The smallest absolute Gasteiger partial charge is 0.161 e. The number of nitrogens with zero attached hydrogens (tertiary/aromatic N) is 2. The van der Waals surface area contributed by atoms with Crippen LogP contribution in [0, 0.1) is 13.8 Å². The molecule has 2 aromatic carbocycles. The molecule has 0 fully saturated rings. The van der Waals surface area contributed by atoms with Crippen molar-refractivity contribution in [2.75, 3.05) is 0 Å². The van der Waals surface area contributed by atoms with Crippen molar-refractivity contribution in [2.24, 2.45) is 0 Å². The van der Waals surface area contributed by atoms with E-state index in [1.54, 1.807) is 0 Å². The van der Waals surface area contributed by atoms with E-state index in [-0.39, 0.29) is 0 Å². The molecule has 0 spiro atoms. The van der Waals surface area contributed by atoms with Gasteiger partial charge in [0.25, 0.3) is 0 Å². The fourth-order valence-electron chi connectivity index (χ4n) is 2.16. The predicted molar refractivity (Wildman–Crippen MR) is 87.2 cm³/mol. The monoisotopic (exact) mass is 346 g/mol. The first kappa shape index (κ1) is 13.5. The lowest BCUT2D eigenvalue weighted by Crippen LogP contribution is -1.94. The van der Waals surface area contributed by atoms with E-state index in [0.717, 1.165) is 26.5 Å². The van der Waals surface area contributed by atoms with Crippen LogP contribution in [0.15, 0.2) is 40.9 Å². The number of hydrogen-bond donors (Lipinski definition) is 0. The van der Waals surface area contributed by atoms with Crippen LogP contribution in [0.2, 0.25) is 5.15 Å². The fourth-order valence-corrected chi connectivity index (χ4v) is 2.75. The van der Waals surface area contributed by atoms with Crippen LogP contribution in [0.5, 0.6) is 0 Å². The van der Waals surface area contributed by atoms with E-state index in [4.69, 9.17) is 11.6 Å². The van der Waals surface area contributed by atoms with Gasteiger partial charge in [0.1, 0.15) is 5.15 Å². The minimum absolute atomic E-state index is 0.485. The molecule has 4 heteroatoms. The second-order valence-electron chi connectivity index (χ2n) is 4.82. The van der Waals surface area contributed by atoms with Crippen LogP contribution in [0.1, 0.15) is 11.1 Å². The van der Waals surface area contributed by atoms with E-state index in [2.05, 4.69) is 57.9 Å². The quantitative estimate of drug-likeness (QED) is 0.556. The Balaban J connectivity index is 2.29. The molecule has 20 heavy (non-hydrogen) atoms. The van der Waals surface area contributed by atoms with Crippen molar-refractivity contribution in [3.8, 4) is 11.4 Å². The Bertz CT molecular complexity index is 815. The Morgan fingerprint density at radius 2 is 1.80 bits per heavy atom. The van der Waals surface area contributed by atoms with E-state index < -0.39 is 0 Å². The van der Waals surface area contributed by atoms with Crippen LogP contribution >= 0.6 is 27.5 Å². The van der Waals surface area contributed by atoms with Gasteiger partial charge in [-0.2, -0.15) is 0 Å². The highest BCUT2D eigenvalue weighted by atomic mass is 79.9. The molecule has 1 heterocycles. The molecule has 0 saturated carbocycles. The summed E-state index contributed by atoms with van der Waals surface area (Å²) in [4.78, 5) is 9.09. The van der Waals surface area contributed by atoms with Crippen molar-refractivity contribution in [1.82, 2.24) is 9.97 Å². The standard InChI is InChI=1S/C16H12BrClN2/c1-9-3-4-10(2)13(7-9)16-19-14-8-11(17)5-6-12(14)15(18)20-16/h3-8H,1-2H3. The maximum Gasteiger partial charge on any atom is 0.161 e. The van der Waals surface area contributed by atoms with Crippen LogP contribution in [-0.2, 0) is 0 Å². The van der Waals surface area contributed by atoms with Gasteiger partial charge in [0.05, 0.1) is 5.52 Å². The van der Waals surface area contributed by atoms with Gasteiger partial charge in [-0.3, -0.25) is 0 Å². The van der Waals surface area contributed by atoms with Crippen LogP contribution in [0.3, 0.4) is 0 Å². The lowest BCUT2D eigenvalue weighted by atomic mass is 10.0. The highest BCUT2D eigenvalue weighted by Crippen LogP contribution is 2.28. The maximum absolute atomic E-state index is 6.29. The summed E-state index contributed by atoms with van der Waals surface area (Å²) in [5.74, 6) is 0.668. The van der Waals surface area contributed by atoms with E-state index in [1.807, 2.05) is 18.2 Å². The van der Waals surface area contributed by atoms with E-state index in [9.17, 15) is 0 Å². The first-order valence-electron chi connectivity index (χ1n) is 6.25. The van der Waals surface area contributed by atoms with Crippen molar-refractivity contribution in [2.45, 2.75) is 13.8 Å². The Labute approximate surface area is 131 Å². The zero-order valence-corrected chi connectivity index (χ0v) is 13.5. The van der Waals surface area contributed by atoms with Gasteiger partial charge in [-0.15, -0.1) is 0 Å². The molecule has 0 unspecified atom stereocenters. The fraction of sp³-hybridized carbons (Fsp3) is 0.125. The van der Waals surface area contributed by atoms with E-state index in [0.29, 0.717) is 11.0 Å². The molecule has 0 aliphatic rings. The molecule has 0 aliphatic heterocycles. The molecule has 2 nitrogen and oxygen atoms in total. The average molecular weight is 348 g/mol. The number of aromatic nitrogens is 2. The van der Waals surface area contributed by atoms with Crippen LogP contribution < -0.4 is 0 Å². The average Bonchev–Trinajstić information content (AvgIpc) is 2.41. The zero-order valence-electron chi connectivity index (χ0n) is 11.1. The van der Waals surface area contributed by atoms with Crippen molar-refractivity contribution in [1.29, 1.82) is 0 Å². The lowest BCUT2D eigenvalue weighted by molar-refractivity contribution is 1.21. The van der Waals surface area contributed by atoms with Crippen molar-refractivity contribution < 1.29 is 0 Å². The summed E-state index contributed by atoms with van der Waals surface area (Å²) >= 11 is 9.75. The molecule has 0 N–H and O–H groups in total. The summed E-state index contributed by atoms with van der Waals surface area (Å²) in [6, 6.07) is 12.1. The Morgan fingerprint density at radius 3 is 2.60 bits per heavy atom. The number of hydrogen-bond acceptors (Lipinski definition) is 2. The number of halogens is 2. The molecule has 0 aliphatic carbocycles. The molecule has 0 bridgehead atoms. The topological polar surface area (TPSA) is 25.8 Å². The molecule has 1 aromatic heterocycles. The van der Waals surface area contributed by atoms with E-state index in [1.165, 1.54) is 5.56 Å². The molecule has 0 saturated heterocycles. The SMILES string of the molecule is Cc1ccc(C)c(-c2nc(Cl)c3ccc(Br)cc3n2)c1. The van der Waals surface area contributed by atoms with Gasteiger partial charge in [0, 0.05) is 15.4 Å². The van der Waals surface area contributed by atoms with Crippen molar-refractivity contribution in [3.05, 3.63) is 57.2 Å². The number of fused-ring (bicyclic) bond motifs is 1. The second-order valence-corrected chi connectivity index (χ2v) is 6.09. The minimum atomic E-state index is 0.485. The summed E-state index contributed by atoms with van der Waals surface area (Å²) in [7, 11) is 0. The lowest BCUT2D eigenvalue weighted by Gasteiger charge is -2.08. The molecule has 0 atom stereocenters. The largest absolute Gasteiger partial charge is 0.228 e. The van der Waals surface area contributed by atoms with Crippen LogP contribution in [-0.4, -0.2) is 9.97 Å². The summed E-state index contributed by atoms with van der Waals surface area (Å²) in [5.41, 5.74) is 4.18. The highest BCUT2D eigenvalue weighted by Gasteiger charge is 2.10. The molecule has 3 rings (SSSR count). The maximum atomic E-state index is 6.29. The van der Waals surface area contributed by atoms with Crippen molar-refractivity contribution in [3.63, 3.8) is 0 Å². The van der Waals surface area contributed by atoms with Gasteiger partial charge >= 0.3 is 0 Å². The normalized spacial score (nSPS) is 11.0. The van der Waals surface area contributed by atoms with Gasteiger partial charge in [-0.1, -0.05) is 45.2 Å². The van der Waals surface area contributed by atoms with Gasteiger partial charge < -0.3 is 0 Å². The van der Waals surface area contributed by atoms with Crippen molar-refractivity contribution >= 4 is 38.4 Å². The highest BCUT2D eigenvalue weighted by molar-refractivity contribution is 9.10.